The Morgan fingerprint density at radius 2 is 2.09 bits per heavy atom. The monoisotopic (exact) mass is 332 g/mol. The summed E-state index contributed by atoms with van der Waals surface area (Å²) in [5.41, 5.74) is -1.46. The molecule has 0 aliphatic carbocycles. The molecule has 1 aromatic carbocycles. The van der Waals surface area contributed by atoms with E-state index in [1.807, 2.05) is 0 Å². The molecule has 0 spiro atoms. The number of nitrogens with two attached hydrogens (primary N) is 1. The number of hydrogen-bond acceptors (Lipinski definition) is 4. The van der Waals surface area contributed by atoms with Gasteiger partial charge in [0.05, 0.1) is 23.1 Å². The number of rotatable bonds is 3. The lowest BCUT2D eigenvalue weighted by atomic mass is 10.2. The van der Waals surface area contributed by atoms with Crippen molar-refractivity contribution >= 4 is 17.3 Å². The number of aromatic nitrogens is 2. The predicted molar refractivity (Wildman–Crippen MR) is 77.1 cm³/mol. The quantitative estimate of drug-likeness (QED) is 0.693. The largest absolute Gasteiger partial charge is 0.416 e. The van der Waals surface area contributed by atoms with Crippen molar-refractivity contribution in [3.05, 3.63) is 51.4 Å². The smallest absolute Gasteiger partial charge is 0.308 e. The number of alkyl halides is 3. The van der Waals surface area contributed by atoms with Crippen molar-refractivity contribution in [3.8, 4) is 5.69 Å². The fourth-order valence-corrected chi connectivity index (χ4v) is 2.03. The molecule has 0 aliphatic rings. The third kappa shape index (κ3) is 3.07. The molecule has 0 unspecified atom stereocenters. The zero-order valence-electron chi connectivity index (χ0n) is 11.4. The van der Waals surface area contributed by atoms with Crippen LogP contribution in [0.25, 0.3) is 5.69 Å². The Labute approximate surface area is 128 Å². The van der Waals surface area contributed by atoms with E-state index >= 15 is 0 Å². The molecule has 118 valence electrons. The van der Waals surface area contributed by atoms with E-state index in [2.05, 4.69) is 5.10 Å². The van der Waals surface area contributed by atoms with Gasteiger partial charge in [-0.15, -0.1) is 0 Å². The van der Waals surface area contributed by atoms with Gasteiger partial charge in [0.2, 0.25) is 0 Å². The molecule has 22 heavy (non-hydrogen) atoms. The fourth-order valence-electron chi connectivity index (χ4n) is 1.79. The number of benzene rings is 1. The maximum absolute atomic E-state index is 12.7. The summed E-state index contributed by atoms with van der Waals surface area (Å²) in [7, 11) is 0. The van der Waals surface area contributed by atoms with Crippen molar-refractivity contribution in [2.45, 2.75) is 13.1 Å². The molecule has 5 nitrogen and oxygen atoms in total. The Morgan fingerprint density at radius 3 is 2.68 bits per heavy atom. The van der Waals surface area contributed by atoms with Gasteiger partial charge < -0.3 is 5.01 Å². The maximum atomic E-state index is 12.7. The zero-order chi connectivity index (χ0) is 16.5. The Bertz CT molecular complexity index is 745. The molecule has 1 heterocycles. The standard InChI is InChI=1S/C13H12ClF3N4O/c1-2-20(18)10-7-19-21(12(22)11(10)14)9-5-3-4-8(6-9)13(15,16)17/h3-7H,2,18H2,1H3. The first kappa shape index (κ1) is 16.3. The van der Waals surface area contributed by atoms with Gasteiger partial charge in [-0.05, 0) is 25.1 Å². The average molecular weight is 333 g/mol. The van der Waals surface area contributed by atoms with Gasteiger partial charge in [0.15, 0.2) is 0 Å². The number of hydrazine groups is 1. The van der Waals surface area contributed by atoms with Crippen molar-refractivity contribution in [2.24, 2.45) is 5.84 Å². The topological polar surface area (TPSA) is 64.2 Å². The molecule has 2 N–H and O–H groups in total. The van der Waals surface area contributed by atoms with Gasteiger partial charge in [-0.1, -0.05) is 17.7 Å². The first-order chi connectivity index (χ1) is 10.3. The minimum absolute atomic E-state index is 0.0339. The second-order valence-corrected chi connectivity index (χ2v) is 4.77. The van der Waals surface area contributed by atoms with Crippen molar-refractivity contribution < 1.29 is 13.2 Å². The Morgan fingerprint density at radius 1 is 1.41 bits per heavy atom. The van der Waals surface area contributed by atoms with E-state index in [-0.39, 0.29) is 16.4 Å². The summed E-state index contributed by atoms with van der Waals surface area (Å²) in [6.45, 7) is 2.13. The third-order valence-electron chi connectivity index (χ3n) is 2.97. The highest BCUT2D eigenvalue weighted by molar-refractivity contribution is 6.33. The lowest BCUT2D eigenvalue weighted by Crippen LogP contribution is -2.33. The van der Waals surface area contributed by atoms with Crippen LogP contribution < -0.4 is 16.4 Å². The van der Waals surface area contributed by atoms with E-state index in [9.17, 15) is 18.0 Å². The van der Waals surface area contributed by atoms with Crippen LogP contribution in [-0.2, 0) is 6.18 Å². The van der Waals surface area contributed by atoms with Gasteiger partial charge in [-0.3, -0.25) is 4.79 Å². The van der Waals surface area contributed by atoms with E-state index in [1.54, 1.807) is 6.92 Å². The Balaban J connectivity index is 2.55. The second-order valence-electron chi connectivity index (χ2n) is 4.39. The molecule has 0 radical (unpaired) electrons. The minimum Gasteiger partial charge on any atom is -0.308 e. The van der Waals surface area contributed by atoms with Crippen LogP contribution in [0.5, 0.6) is 0 Å². The van der Waals surface area contributed by atoms with E-state index in [0.29, 0.717) is 6.54 Å². The van der Waals surface area contributed by atoms with Crippen molar-refractivity contribution in [1.82, 2.24) is 9.78 Å². The van der Waals surface area contributed by atoms with E-state index < -0.39 is 17.3 Å². The Kier molecular flexibility index (Phi) is 4.43. The molecule has 0 bridgehead atoms. The van der Waals surface area contributed by atoms with Crippen molar-refractivity contribution in [3.63, 3.8) is 0 Å². The van der Waals surface area contributed by atoms with Crippen LogP contribution in [0.4, 0.5) is 18.9 Å². The highest BCUT2D eigenvalue weighted by Crippen LogP contribution is 2.30. The molecule has 0 fully saturated rings. The predicted octanol–water partition coefficient (Wildman–Crippen LogP) is 2.60. The van der Waals surface area contributed by atoms with Crippen molar-refractivity contribution in [2.75, 3.05) is 11.6 Å². The average Bonchev–Trinajstić information content (AvgIpc) is 2.48. The molecular formula is C13H12ClF3N4O. The molecule has 1 aromatic heterocycles. The van der Waals surface area contributed by atoms with Gasteiger partial charge in [0, 0.05) is 6.54 Å². The summed E-state index contributed by atoms with van der Waals surface area (Å²) in [6.07, 6.45) is -3.28. The summed E-state index contributed by atoms with van der Waals surface area (Å²) in [5.74, 6) is 5.65. The second kappa shape index (κ2) is 5.98. The Hall–Kier alpha value is -2.06. The minimum atomic E-state index is -4.51. The molecule has 0 aliphatic heterocycles. The third-order valence-corrected chi connectivity index (χ3v) is 3.32. The van der Waals surface area contributed by atoms with Crippen LogP contribution in [0.3, 0.4) is 0 Å². The number of anilines is 1. The normalized spacial score (nSPS) is 11.5. The van der Waals surface area contributed by atoms with Gasteiger partial charge in [0.25, 0.3) is 5.56 Å². The summed E-state index contributed by atoms with van der Waals surface area (Å²) >= 11 is 5.93. The van der Waals surface area contributed by atoms with E-state index in [1.165, 1.54) is 23.3 Å². The fraction of sp³-hybridized carbons (Fsp3) is 0.231. The summed E-state index contributed by atoms with van der Waals surface area (Å²) in [5, 5.41) is 4.84. The van der Waals surface area contributed by atoms with Crippen LogP contribution in [0.2, 0.25) is 5.02 Å². The molecule has 2 rings (SSSR count). The lowest BCUT2D eigenvalue weighted by molar-refractivity contribution is -0.137. The van der Waals surface area contributed by atoms with Crippen LogP contribution in [-0.4, -0.2) is 16.3 Å². The highest BCUT2D eigenvalue weighted by Gasteiger charge is 2.30. The molecule has 0 atom stereocenters. The summed E-state index contributed by atoms with van der Waals surface area (Å²) < 4.78 is 39.0. The summed E-state index contributed by atoms with van der Waals surface area (Å²) in [6, 6.07) is 4.25. The molecule has 2 aromatic rings. The number of halogens is 4. The molecule has 9 heteroatoms. The van der Waals surface area contributed by atoms with Crippen LogP contribution in [0, 0.1) is 0 Å². The first-order valence-electron chi connectivity index (χ1n) is 6.23. The van der Waals surface area contributed by atoms with Gasteiger partial charge in [-0.25, -0.2) is 5.84 Å². The van der Waals surface area contributed by atoms with Crippen LogP contribution in [0.1, 0.15) is 12.5 Å². The highest BCUT2D eigenvalue weighted by atomic mass is 35.5. The number of nitrogens with zero attached hydrogens (tertiary/aromatic N) is 3. The maximum Gasteiger partial charge on any atom is 0.416 e. The van der Waals surface area contributed by atoms with Gasteiger partial charge in [0.1, 0.15) is 5.02 Å². The molecule has 0 saturated heterocycles. The molecule has 0 amide bonds. The van der Waals surface area contributed by atoms with Crippen molar-refractivity contribution in [1.29, 1.82) is 0 Å². The van der Waals surface area contributed by atoms with E-state index in [4.69, 9.17) is 17.4 Å². The van der Waals surface area contributed by atoms with Crippen LogP contribution in [0.15, 0.2) is 35.3 Å². The first-order valence-corrected chi connectivity index (χ1v) is 6.61. The number of hydrogen-bond donors (Lipinski definition) is 1. The lowest BCUT2D eigenvalue weighted by Gasteiger charge is -2.17. The molecular weight excluding hydrogens is 321 g/mol. The van der Waals surface area contributed by atoms with E-state index in [0.717, 1.165) is 16.8 Å². The van der Waals surface area contributed by atoms with Crippen LogP contribution >= 0.6 is 11.6 Å². The molecule has 0 saturated carbocycles. The van der Waals surface area contributed by atoms with Gasteiger partial charge >= 0.3 is 6.18 Å². The van der Waals surface area contributed by atoms with Gasteiger partial charge in [-0.2, -0.15) is 23.0 Å². The zero-order valence-corrected chi connectivity index (χ0v) is 12.2. The SMILES string of the molecule is CCN(N)c1cnn(-c2cccc(C(F)(F)F)c2)c(=O)c1Cl. The summed E-state index contributed by atoms with van der Waals surface area (Å²) in [4.78, 5) is 12.2.